The van der Waals surface area contributed by atoms with Crippen LogP contribution in [-0.2, 0) is 0 Å². The van der Waals surface area contributed by atoms with Gasteiger partial charge < -0.3 is 4.74 Å². The third-order valence-electron chi connectivity index (χ3n) is 2.51. The number of thioether (sulfide) groups is 1. The van der Waals surface area contributed by atoms with Crippen LogP contribution in [0, 0.1) is 0 Å². The Balaban J connectivity index is 2.12. The summed E-state index contributed by atoms with van der Waals surface area (Å²) in [5.74, 6) is 1.11. The normalized spacial score (nSPS) is 10.2. The van der Waals surface area contributed by atoms with Gasteiger partial charge in [0, 0.05) is 18.1 Å². The predicted molar refractivity (Wildman–Crippen MR) is 77.5 cm³/mol. The summed E-state index contributed by atoms with van der Waals surface area (Å²) < 4.78 is 29.1. The first-order valence-corrected chi connectivity index (χ1v) is 7.15. The molecule has 0 aliphatic heterocycles. The SMILES string of the molecule is COc1cccnc1-c1ccnc(SCCC=C(F)F)n1. The lowest BCUT2D eigenvalue weighted by Crippen LogP contribution is -1.95. The number of methoxy groups -OCH3 is 1. The van der Waals surface area contributed by atoms with Crippen molar-refractivity contribution in [2.75, 3.05) is 12.9 Å². The van der Waals surface area contributed by atoms with Crippen molar-refractivity contribution in [3.8, 4) is 17.1 Å². The number of rotatable bonds is 6. The summed E-state index contributed by atoms with van der Waals surface area (Å²) in [6.45, 7) is 0. The van der Waals surface area contributed by atoms with E-state index in [4.69, 9.17) is 4.74 Å². The minimum atomic E-state index is -1.66. The van der Waals surface area contributed by atoms with Crippen LogP contribution in [0.2, 0.25) is 0 Å². The Morgan fingerprint density at radius 1 is 1.29 bits per heavy atom. The van der Waals surface area contributed by atoms with Crippen LogP contribution in [0.4, 0.5) is 8.78 Å². The molecule has 110 valence electrons. The number of nitrogens with zero attached hydrogens (tertiary/aromatic N) is 3. The molecular weight excluding hydrogens is 296 g/mol. The van der Waals surface area contributed by atoms with E-state index in [2.05, 4.69) is 15.0 Å². The molecule has 0 aliphatic rings. The molecule has 0 aromatic carbocycles. The van der Waals surface area contributed by atoms with Crippen molar-refractivity contribution in [1.29, 1.82) is 0 Å². The molecule has 4 nitrogen and oxygen atoms in total. The topological polar surface area (TPSA) is 47.9 Å². The molecule has 21 heavy (non-hydrogen) atoms. The summed E-state index contributed by atoms with van der Waals surface area (Å²) in [7, 11) is 1.56. The zero-order chi connectivity index (χ0) is 15.1. The van der Waals surface area contributed by atoms with Crippen molar-refractivity contribution >= 4 is 11.8 Å². The average Bonchev–Trinajstić information content (AvgIpc) is 2.51. The van der Waals surface area contributed by atoms with Crippen LogP contribution in [-0.4, -0.2) is 27.8 Å². The van der Waals surface area contributed by atoms with Crippen LogP contribution in [0.5, 0.6) is 5.75 Å². The number of pyridine rings is 1. The predicted octanol–water partition coefficient (Wildman–Crippen LogP) is 3.81. The second-order valence-corrected chi connectivity index (χ2v) is 4.97. The molecule has 2 aromatic heterocycles. The van der Waals surface area contributed by atoms with Crippen LogP contribution < -0.4 is 4.74 Å². The second kappa shape index (κ2) is 7.68. The highest BCUT2D eigenvalue weighted by molar-refractivity contribution is 7.99. The van der Waals surface area contributed by atoms with E-state index in [0.29, 0.717) is 28.0 Å². The lowest BCUT2D eigenvalue weighted by atomic mass is 10.2. The molecule has 0 amide bonds. The van der Waals surface area contributed by atoms with Gasteiger partial charge in [0.2, 0.25) is 0 Å². The third kappa shape index (κ3) is 4.49. The molecule has 0 saturated heterocycles. The summed E-state index contributed by atoms with van der Waals surface area (Å²) in [4.78, 5) is 12.7. The van der Waals surface area contributed by atoms with Gasteiger partial charge >= 0.3 is 0 Å². The number of aromatic nitrogens is 3. The maximum Gasteiger partial charge on any atom is 0.266 e. The third-order valence-corrected chi connectivity index (χ3v) is 3.41. The Bertz CT molecular complexity index is 633. The van der Waals surface area contributed by atoms with Crippen LogP contribution in [0.25, 0.3) is 11.4 Å². The molecule has 0 N–H and O–H groups in total. The Hall–Kier alpha value is -2.02. The van der Waals surface area contributed by atoms with Gasteiger partial charge in [-0.25, -0.2) is 9.97 Å². The van der Waals surface area contributed by atoms with Gasteiger partial charge in [0.1, 0.15) is 11.4 Å². The summed E-state index contributed by atoms with van der Waals surface area (Å²) >= 11 is 1.32. The molecular formula is C14H13F2N3OS. The molecule has 0 spiro atoms. The minimum Gasteiger partial charge on any atom is -0.494 e. The Morgan fingerprint density at radius 2 is 2.14 bits per heavy atom. The zero-order valence-corrected chi connectivity index (χ0v) is 12.1. The summed E-state index contributed by atoms with van der Waals surface area (Å²) in [6, 6.07) is 5.30. The fraction of sp³-hybridized carbons (Fsp3) is 0.214. The lowest BCUT2D eigenvalue weighted by molar-refractivity contribution is 0.414. The zero-order valence-electron chi connectivity index (χ0n) is 11.3. The van der Waals surface area contributed by atoms with Gasteiger partial charge in [-0.15, -0.1) is 0 Å². The maximum atomic E-state index is 11.9. The first-order chi connectivity index (χ1) is 10.2. The highest BCUT2D eigenvalue weighted by Gasteiger charge is 2.09. The Morgan fingerprint density at radius 3 is 2.90 bits per heavy atom. The largest absolute Gasteiger partial charge is 0.494 e. The fourth-order valence-corrected chi connectivity index (χ4v) is 2.32. The van der Waals surface area contributed by atoms with E-state index in [1.54, 1.807) is 37.7 Å². The van der Waals surface area contributed by atoms with Crippen LogP contribution in [0.1, 0.15) is 6.42 Å². The number of hydrogen-bond acceptors (Lipinski definition) is 5. The van der Waals surface area contributed by atoms with E-state index >= 15 is 0 Å². The first kappa shape index (κ1) is 15.4. The summed E-state index contributed by atoms with van der Waals surface area (Å²) in [6.07, 6.45) is 2.77. The number of halogens is 2. The quantitative estimate of drug-likeness (QED) is 0.461. The van der Waals surface area contributed by atoms with E-state index in [-0.39, 0.29) is 6.42 Å². The Labute approximate surface area is 125 Å². The summed E-state index contributed by atoms with van der Waals surface area (Å²) in [5, 5.41) is 0.521. The molecule has 2 rings (SSSR count). The van der Waals surface area contributed by atoms with Gasteiger partial charge in [-0.1, -0.05) is 11.8 Å². The Kier molecular flexibility index (Phi) is 5.62. The van der Waals surface area contributed by atoms with Gasteiger partial charge in [0.25, 0.3) is 6.08 Å². The van der Waals surface area contributed by atoms with Gasteiger partial charge in [-0.2, -0.15) is 8.78 Å². The molecule has 0 radical (unpaired) electrons. The highest BCUT2D eigenvalue weighted by atomic mass is 32.2. The van der Waals surface area contributed by atoms with Crippen LogP contribution in [0.15, 0.2) is 47.9 Å². The van der Waals surface area contributed by atoms with Gasteiger partial charge in [0.05, 0.1) is 12.8 Å². The molecule has 0 fully saturated rings. The lowest BCUT2D eigenvalue weighted by Gasteiger charge is -2.07. The minimum absolute atomic E-state index is 0.271. The molecule has 0 unspecified atom stereocenters. The fourth-order valence-electron chi connectivity index (χ4n) is 1.61. The average molecular weight is 309 g/mol. The molecule has 7 heteroatoms. The highest BCUT2D eigenvalue weighted by Crippen LogP contribution is 2.26. The van der Waals surface area contributed by atoms with Crippen LogP contribution in [0.3, 0.4) is 0 Å². The standard InChI is InChI=1S/C14H13F2N3OS/c1-20-11-4-2-7-17-13(11)10-6-8-18-14(19-10)21-9-3-5-12(15)16/h2,4-8H,3,9H2,1H3. The van der Waals surface area contributed by atoms with E-state index < -0.39 is 6.08 Å². The molecule has 0 bridgehead atoms. The van der Waals surface area contributed by atoms with Crippen LogP contribution >= 0.6 is 11.8 Å². The molecule has 2 heterocycles. The number of ether oxygens (including phenoxy) is 1. The smallest absolute Gasteiger partial charge is 0.266 e. The molecule has 0 atom stereocenters. The summed E-state index contributed by atoms with van der Waals surface area (Å²) in [5.41, 5.74) is 1.26. The second-order valence-electron chi connectivity index (χ2n) is 3.91. The monoisotopic (exact) mass is 309 g/mol. The van der Waals surface area contributed by atoms with Crippen molar-refractivity contribution < 1.29 is 13.5 Å². The van der Waals surface area contributed by atoms with E-state index in [9.17, 15) is 8.78 Å². The van der Waals surface area contributed by atoms with Crippen molar-refractivity contribution in [1.82, 2.24) is 15.0 Å². The van der Waals surface area contributed by atoms with Gasteiger partial charge in [-0.3, -0.25) is 4.98 Å². The van der Waals surface area contributed by atoms with E-state index in [1.165, 1.54) is 11.8 Å². The van der Waals surface area contributed by atoms with E-state index in [0.717, 1.165) is 6.08 Å². The van der Waals surface area contributed by atoms with Crippen molar-refractivity contribution in [2.24, 2.45) is 0 Å². The molecule has 0 saturated carbocycles. The number of hydrogen-bond donors (Lipinski definition) is 0. The molecule has 2 aromatic rings. The van der Waals surface area contributed by atoms with Gasteiger partial charge in [0.15, 0.2) is 5.16 Å². The van der Waals surface area contributed by atoms with Crippen molar-refractivity contribution in [3.05, 3.63) is 42.7 Å². The van der Waals surface area contributed by atoms with Crippen molar-refractivity contribution in [3.63, 3.8) is 0 Å². The number of allylic oxidation sites excluding steroid dienone is 1. The van der Waals surface area contributed by atoms with Crippen molar-refractivity contribution in [2.45, 2.75) is 11.6 Å². The van der Waals surface area contributed by atoms with E-state index in [1.807, 2.05) is 0 Å². The van der Waals surface area contributed by atoms with Gasteiger partial charge in [-0.05, 0) is 30.7 Å². The molecule has 0 aliphatic carbocycles. The first-order valence-electron chi connectivity index (χ1n) is 6.17. The maximum absolute atomic E-state index is 11.9.